The summed E-state index contributed by atoms with van der Waals surface area (Å²) in [4.78, 5) is 10.5. The van der Waals surface area contributed by atoms with Gasteiger partial charge in [0, 0.05) is 5.92 Å². The number of ether oxygens (including phenoxy) is 1. The molecular weight excluding hydrogens is 180 g/mol. The molecule has 3 nitrogen and oxygen atoms in total. The predicted molar refractivity (Wildman–Crippen MR) is 53.5 cm³/mol. The van der Waals surface area contributed by atoms with Crippen molar-refractivity contribution in [2.75, 3.05) is 0 Å². The van der Waals surface area contributed by atoms with E-state index in [-0.39, 0.29) is 12.3 Å². The third-order valence-corrected chi connectivity index (χ3v) is 1.93. The lowest BCUT2D eigenvalue weighted by Gasteiger charge is -2.06. The largest absolute Gasteiger partial charge is 0.481 e. The molecule has 3 heteroatoms. The van der Waals surface area contributed by atoms with E-state index in [0.717, 1.165) is 17.8 Å². The van der Waals surface area contributed by atoms with Gasteiger partial charge >= 0.3 is 5.97 Å². The van der Waals surface area contributed by atoms with E-state index in [1.807, 2.05) is 13.0 Å². The van der Waals surface area contributed by atoms with Crippen LogP contribution >= 0.6 is 0 Å². The number of hydrogen-bond acceptors (Lipinski definition) is 2. The normalized spacial score (nSPS) is 22.4. The summed E-state index contributed by atoms with van der Waals surface area (Å²) in [5.41, 5.74) is 1.03. The molecule has 0 aromatic rings. The fourth-order valence-electron chi connectivity index (χ4n) is 1.23. The molecule has 0 fully saturated rings. The van der Waals surface area contributed by atoms with Crippen molar-refractivity contribution < 1.29 is 14.6 Å². The Labute approximate surface area is 83.4 Å². The smallest absolute Gasteiger partial charge is 0.304 e. The minimum Gasteiger partial charge on any atom is -0.481 e. The SMILES string of the molecule is C=C(C)CC=C1OC=CC1CC(=O)O. The molecule has 1 aliphatic rings. The first-order valence-corrected chi connectivity index (χ1v) is 4.49. The molecule has 1 rings (SSSR count). The molecule has 0 radical (unpaired) electrons. The van der Waals surface area contributed by atoms with Crippen molar-refractivity contribution in [1.82, 2.24) is 0 Å². The van der Waals surface area contributed by atoms with Crippen LogP contribution in [0.3, 0.4) is 0 Å². The summed E-state index contributed by atoms with van der Waals surface area (Å²) < 4.78 is 5.19. The van der Waals surface area contributed by atoms with Gasteiger partial charge in [0.15, 0.2) is 0 Å². The molecule has 1 unspecified atom stereocenters. The molecule has 0 saturated heterocycles. The molecule has 0 amide bonds. The fourth-order valence-corrected chi connectivity index (χ4v) is 1.23. The number of aliphatic carboxylic acids is 1. The first-order chi connectivity index (χ1) is 6.59. The molecule has 0 spiro atoms. The molecule has 0 aromatic carbocycles. The van der Waals surface area contributed by atoms with Crippen molar-refractivity contribution in [3.8, 4) is 0 Å². The Morgan fingerprint density at radius 1 is 1.79 bits per heavy atom. The number of hydrogen-bond donors (Lipinski definition) is 1. The molecule has 1 aliphatic heterocycles. The summed E-state index contributed by atoms with van der Waals surface area (Å²) in [6.45, 7) is 5.69. The highest BCUT2D eigenvalue weighted by Gasteiger charge is 2.20. The van der Waals surface area contributed by atoms with Crippen molar-refractivity contribution >= 4 is 5.97 Å². The first-order valence-electron chi connectivity index (χ1n) is 4.49. The van der Waals surface area contributed by atoms with Gasteiger partial charge in [-0.05, 0) is 25.5 Å². The number of allylic oxidation sites excluding steroid dienone is 3. The van der Waals surface area contributed by atoms with E-state index >= 15 is 0 Å². The van der Waals surface area contributed by atoms with E-state index in [9.17, 15) is 4.79 Å². The number of carboxylic acids is 1. The maximum atomic E-state index is 10.5. The summed E-state index contributed by atoms with van der Waals surface area (Å²) >= 11 is 0. The molecule has 0 aliphatic carbocycles. The van der Waals surface area contributed by atoms with Gasteiger partial charge in [0.1, 0.15) is 5.76 Å². The molecular formula is C11H14O3. The second-order valence-corrected chi connectivity index (χ2v) is 3.42. The summed E-state index contributed by atoms with van der Waals surface area (Å²) in [5, 5.41) is 8.63. The second kappa shape index (κ2) is 4.65. The highest BCUT2D eigenvalue weighted by Crippen LogP contribution is 2.25. The molecule has 1 N–H and O–H groups in total. The van der Waals surface area contributed by atoms with E-state index in [1.165, 1.54) is 6.26 Å². The van der Waals surface area contributed by atoms with E-state index in [0.29, 0.717) is 0 Å². The van der Waals surface area contributed by atoms with Crippen molar-refractivity contribution in [3.05, 3.63) is 36.3 Å². The van der Waals surface area contributed by atoms with Crippen LogP contribution in [0.5, 0.6) is 0 Å². The standard InChI is InChI=1S/C11H14O3/c1-8(2)3-4-10-9(5-6-14-10)7-11(12)13/h4-6,9H,1,3,7H2,2H3,(H,12,13). The van der Waals surface area contributed by atoms with E-state index in [4.69, 9.17) is 9.84 Å². The summed E-state index contributed by atoms with van der Waals surface area (Å²) in [6, 6.07) is 0. The Bertz CT molecular complexity index is 300. The van der Waals surface area contributed by atoms with Crippen LogP contribution in [0.15, 0.2) is 36.3 Å². The highest BCUT2D eigenvalue weighted by atomic mass is 16.5. The lowest BCUT2D eigenvalue weighted by Crippen LogP contribution is -2.05. The Morgan fingerprint density at radius 2 is 2.50 bits per heavy atom. The first kappa shape index (κ1) is 10.6. The fraction of sp³-hybridized carbons (Fsp3) is 0.364. The van der Waals surface area contributed by atoms with Crippen LogP contribution in [0.1, 0.15) is 19.8 Å². The van der Waals surface area contributed by atoms with Gasteiger partial charge in [0.05, 0.1) is 12.7 Å². The Morgan fingerprint density at radius 3 is 3.07 bits per heavy atom. The van der Waals surface area contributed by atoms with E-state index in [2.05, 4.69) is 6.58 Å². The van der Waals surface area contributed by atoms with E-state index in [1.54, 1.807) is 6.08 Å². The van der Waals surface area contributed by atoms with Crippen LogP contribution < -0.4 is 0 Å². The maximum Gasteiger partial charge on any atom is 0.304 e. The van der Waals surface area contributed by atoms with Crippen molar-refractivity contribution in [3.63, 3.8) is 0 Å². The van der Waals surface area contributed by atoms with Crippen LogP contribution in [-0.4, -0.2) is 11.1 Å². The van der Waals surface area contributed by atoms with Gasteiger partial charge in [-0.1, -0.05) is 12.2 Å². The van der Waals surface area contributed by atoms with E-state index < -0.39 is 5.97 Å². The third-order valence-electron chi connectivity index (χ3n) is 1.93. The lowest BCUT2D eigenvalue weighted by atomic mass is 10.0. The van der Waals surface area contributed by atoms with Crippen LogP contribution in [0, 0.1) is 5.92 Å². The quantitative estimate of drug-likeness (QED) is 0.699. The molecule has 0 aromatic heterocycles. The molecule has 1 heterocycles. The summed E-state index contributed by atoms with van der Waals surface area (Å²) in [7, 11) is 0. The lowest BCUT2D eigenvalue weighted by molar-refractivity contribution is -0.137. The van der Waals surface area contributed by atoms with Crippen molar-refractivity contribution in [1.29, 1.82) is 0 Å². The number of carboxylic acid groups (broad SMARTS) is 1. The van der Waals surface area contributed by atoms with Gasteiger partial charge in [0.2, 0.25) is 0 Å². The summed E-state index contributed by atoms with van der Waals surface area (Å²) in [5.74, 6) is -0.214. The minimum atomic E-state index is -0.814. The molecule has 0 saturated carbocycles. The number of carbonyl (C=O) groups is 1. The van der Waals surface area contributed by atoms with Crippen LogP contribution in [0.4, 0.5) is 0 Å². The van der Waals surface area contributed by atoms with Gasteiger partial charge in [-0.25, -0.2) is 0 Å². The Hall–Kier alpha value is -1.51. The third kappa shape index (κ3) is 3.09. The zero-order valence-electron chi connectivity index (χ0n) is 8.19. The van der Waals surface area contributed by atoms with Crippen LogP contribution in [0.25, 0.3) is 0 Å². The molecule has 76 valence electrons. The molecule has 14 heavy (non-hydrogen) atoms. The van der Waals surface area contributed by atoms with Gasteiger partial charge in [-0.15, -0.1) is 0 Å². The van der Waals surface area contributed by atoms with Crippen LogP contribution in [-0.2, 0) is 9.53 Å². The average molecular weight is 194 g/mol. The topological polar surface area (TPSA) is 46.5 Å². The van der Waals surface area contributed by atoms with Crippen LogP contribution in [0.2, 0.25) is 0 Å². The second-order valence-electron chi connectivity index (χ2n) is 3.42. The average Bonchev–Trinajstić information content (AvgIpc) is 2.47. The molecule has 1 atom stereocenters. The van der Waals surface area contributed by atoms with Gasteiger partial charge in [-0.2, -0.15) is 0 Å². The van der Waals surface area contributed by atoms with Gasteiger partial charge in [0.25, 0.3) is 0 Å². The Kier molecular flexibility index (Phi) is 3.51. The van der Waals surface area contributed by atoms with Crippen molar-refractivity contribution in [2.24, 2.45) is 5.92 Å². The zero-order valence-corrected chi connectivity index (χ0v) is 8.19. The van der Waals surface area contributed by atoms with Gasteiger partial charge < -0.3 is 9.84 Å². The zero-order chi connectivity index (χ0) is 10.6. The molecule has 0 bridgehead atoms. The summed E-state index contributed by atoms with van der Waals surface area (Å²) in [6.07, 6.45) is 6.00. The van der Waals surface area contributed by atoms with Crippen molar-refractivity contribution in [2.45, 2.75) is 19.8 Å². The number of rotatable bonds is 4. The monoisotopic (exact) mass is 194 g/mol. The minimum absolute atomic E-state index is 0.0819. The Balaban J connectivity index is 2.57. The highest BCUT2D eigenvalue weighted by molar-refractivity contribution is 5.68. The van der Waals surface area contributed by atoms with Gasteiger partial charge in [-0.3, -0.25) is 4.79 Å². The maximum absolute atomic E-state index is 10.5. The predicted octanol–water partition coefficient (Wildman–Crippen LogP) is 2.47.